The average Bonchev–Trinajstić information content (AvgIpc) is 2.73. The average molecular weight is 249 g/mol. The van der Waals surface area contributed by atoms with E-state index in [1.165, 1.54) is 5.56 Å². The zero-order valence-corrected chi connectivity index (χ0v) is 10.3. The maximum absolute atomic E-state index is 5.90. The van der Waals surface area contributed by atoms with E-state index in [1.807, 2.05) is 31.2 Å². The van der Waals surface area contributed by atoms with Crippen LogP contribution in [0.2, 0.25) is 5.02 Å². The van der Waals surface area contributed by atoms with Crippen LogP contribution in [0.25, 0.3) is 0 Å². The van der Waals surface area contributed by atoms with E-state index < -0.39 is 0 Å². The zero-order valence-electron chi connectivity index (χ0n) is 9.52. The van der Waals surface area contributed by atoms with Crippen LogP contribution < -0.4 is 5.32 Å². The highest BCUT2D eigenvalue weighted by molar-refractivity contribution is 6.30. The topological polar surface area (TPSA) is 42.7 Å². The first-order chi connectivity index (χ1) is 8.25. The lowest BCUT2D eigenvalue weighted by Crippen LogP contribution is -2.34. The SMILES string of the molecule is Cc1nnc2n1CCN[C@@H]2c1ccc(Cl)cc1. The van der Waals surface area contributed by atoms with Crippen molar-refractivity contribution in [3.8, 4) is 0 Å². The lowest BCUT2D eigenvalue weighted by molar-refractivity contribution is 0.451. The first kappa shape index (κ1) is 10.7. The van der Waals surface area contributed by atoms with Gasteiger partial charge in [-0.05, 0) is 24.6 Å². The summed E-state index contributed by atoms with van der Waals surface area (Å²) < 4.78 is 2.16. The fourth-order valence-electron chi connectivity index (χ4n) is 2.22. The van der Waals surface area contributed by atoms with Crippen molar-refractivity contribution in [2.45, 2.75) is 19.5 Å². The molecule has 1 aliphatic rings. The van der Waals surface area contributed by atoms with Gasteiger partial charge in [0.05, 0.1) is 6.04 Å². The summed E-state index contributed by atoms with van der Waals surface area (Å²) in [5, 5.41) is 12.6. The molecule has 0 amide bonds. The normalized spacial score (nSPS) is 19.1. The number of halogens is 1. The molecule has 1 atom stereocenters. The van der Waals surface area contributed by atoms with Crippen molar-refractivity contribution < 1.29 is 0 Å². The van der Waals surface area contributed by atoms with Crippen molar-refractivity contribution >= 4 is 11.6 Å². The minimum Gasteiger partial charge on any atom is -0.312 e. The zero-order chi connectivity index (χ0) is 11.8. The molecule has 0 aliphatic carbocycles. The van der Waals surface area contributed by atoms with E-state index >= 15 is 0 Å². The van der Waals surface area contributed by atoms with Gasteiger partial charge in [-0.25, -0.2) is 0 Å². The Labute approximate surface area is 105 Å². The second-order valence-electron chi connectivity index (χ2n) is 4.20. The number of hydrogen-bond acceptors (Lipinski definition) is 3. The Morgan fingerprint density at radius 1 is 1.29 bits per heavy atom. The Hall–Kier alpha value is -1.39. The molecule has 17 heavy (non-hydrogen) atoms. The molecule has 2 heterocycles. The molecule has 1 N–H and O–H groups in total. The van der Waals surface area contributed by atoms with E-state index in [0.29, 0.717) is 0 Å². The molecule has 0 unspecified atom stereocenters. The van der Waals surface area contributed by atoms with Crippen molar-refractivity contribution in [3.63, 3.8) is 0 Å². The quantitative estimate of drug-likeness (QED) is 0.839. The Bertz CT molecular complexity index is 532. The molecule has 0 fully saturated rings. The molecule has 0 radical (unpaired) electrons. The van der Waals surface area contributed by atoms with E-state index in [9.17, 15) is 0 Å². The molecule has 1 aromatic heterocycles. The predicted molar refractivity (Wildman–Crippen MR) is 66.1 cm³/mol. The maximum Gasteiger partial charge on any atom is 0.154 e. The number of hydrogen-bond donors (Lipinski definition) is 1. The van der Waals surface area contributed by atoms with E-state index in [1.54, 1.807) is 0 Å². The number of benzene rings is 1. The first-order valence-electron chi connectivity index (χ1n) is 5.64. The summed E-state index contributed by atoms with van der Waals surface area (Å²) in [6, 6.07) is 7.98. The van der Waals surface area contributed by atoms with Gasteiger partial charge >= 0.3 is 0 Å². The van der Waals surface area contributed by atoms with Crippen molar-refractivity contribution in [1.82, 2.24) is 20.1 Å². The molecule has 1 aromatic carbocycles. The maximum atomic E-state index is 5.90. The third-order valence-electron chi connectivity index (χ3n) is 3.11. The molecule has 0 saturated heterocycles. The summed E-state index contributed by atoms with van der Waals surface area (Å²) in [4.78, 5) is 0. The summed E-state index contributed by atoms with van der Waals surface area (Å²) in [6.45, 7) is 3.85. The largest absolute Gasteiger partial charge is 0.312 e. The summed E-state index contributed by atoms with van der Waals surface area (Å²) in [6.07, 6.45) is 0. The fourth-order valence-corrected chi connectivity index (χ4v) is 2.35. The second-order valence-corrected chi connectivity index (χ2v) is 4.63. The van der Waals surface area contributed by atoms with Crippen molar-refractivity contribution in [1.29, 1.82) is 0 Å². The van der Waals surface area contributed by atoms with Gasteiger partial charge in [-0.15, -0.1) is 10.2 Å². The van der Waals surface area contributed by atoms with E-state index in [0.717, 1.165) is 29.8 Å². The van der Waals surface area contributed by atoms with Gasteiger partial charge in [0.1, 0.15) is 5.82 Å². The van der Waals surface area contributed by atoms with E-state index in [2.05, 4.69) is 20.1 Å². The van der Waals surface area contributed by atoms with Crippen LogP contribution in [0, 0.1) is 6.92 Å². The number of fused-ring (bicyclic) bond motifs is 1. The lowest BCUT2D eigenvalue weighted by Gasteiger charge is -2.25. The van der Waals surface area contributed by atoms with Crippen LogP contribution in [0.15, 0.2) is 24.3 Å². The number of nitrogens with zero attached hydrogens (tertiary/aromatic N) is 3. The Morgan fingerprint density at radius 3 is 2.82 bits per heavy atom. The van der Waals surface area contributed by atoms with Gasteiger partial charge in [0.25, 0.3) is 0 Å². The molecule has 5 heteroatoms. The fraction of sp³-hybridized carbons (Fsp3) is 0.333. The first-order valence-corrected chi connectivity index (χ1v) is 6.02. The van der Waals surface area contributed by atoms with E-state index in [-0.39, 0.29) is 6.04 Å². The summed E-state index contributed by atoms with van der Waals surface area (Å²) in [5.41, 5.74) is 1.17. The van der Waals surface area contributed by atoms with E-state index in [4.69, 9.17) is 11.6 Å². The standard InChI is InChI=1S/C12H13ClN4/c1-8-15-16-12-11(14-6-7-17(8)12)9-2-4-10(13)5-3-9/h2-5,11,14H,6-7H2,1H3/t11-/m1/s1. The highest BCUT2D eigenvalue weighted by atomic mass is 35.5. The highest BCUT2D eigenvalue weighted by Gasteiger charge is 2.24. The Kier molecular flexibility index (Phi) is 2.61. The van der Waals surface area contributed by atoms with Gasteiger partial charge in [0, 0.05) is 18.1 Å². The molecule has 2 aromatic rings. The van der Waals surface area contributed by atoms with Crippen LogP contribution >= 0.6 is 11.6 Å². The van der Waals surface area contributed by atoms with Gasteiger partial charge in [-0.1, -0.05) is 23.7 Å². The van der Waals surface area contributed by atoms with Crippen LogP contribution in [0.3, 0.4) is 0 Å². The van der Waals surface area contributed by atoms with Crippen LogP contribution in [0.1, 0.15) is 23.3 Å². The summed E-state index contributed by atoms with van der Waals surface area (Å²) >= 11 is 5.90. The van der Waals surface area contributed by atoms with Gasteiger partial charge in [0.2, 0.25) is 0 Å². The van der Waals surface area contributed by atoms with Crippen molar-refractivity contribution in [3.05, 3.63) is 46.5 Å². The lowest BCUT2D eigenvalue weighted by atomic mass is 10.1. The van der Waals surface area contributed by atoms with Gasteiger partial charge in [-0.2, -0.15) is 0 Å². The number of rotatable bonds is 1. The molecule has 0 bridgehead atoms. The molecule has 0 spiro atoms. The molecule has 3 rings (SSSR count). The van der Waals surface area contributed by atoms with Crippen LogP contribution in [0.5, 0.6) is 0 Å². The number of aryl methyl sites for hydroxylation is 1. The Balaban J connectivity index is 2.02. The molecular weight excluding hydrogens is 236 g/mol. The smallest absolute Gasteiger partial charge is 0.154 e. The van der Waals surface area contributed by atoms with Crippen LogP contribution in [-0.4, -0.2) is 21.3 Å². The minimum absolute atomic E-state index is 0.113. The van der Waals surface area contributed by atoms with Gasteiger partial charge < -0.3 is 9.88 Å². The number of aromatic nitrogens is 3. The summed E-state index contributed by atoms with van der Waals surface area (Å²) in [5.74, 6) is 1.96. The molecule has 4 nitrogen and oxygen atoms in total. The van der Waals surface area contributed by atoms with Crippen molar-refractivity contribution in [2.24, 2.45) is 0 Å². The monoisotopic (exact) mass is 248 g/mol. The summed E-state index contributed by atoms with van der Waals surface area (Å²) in [7, 11) is 0. The third kappa shape index (κ3) is 1.83. The highest BCUT2D eigenvalue weighted by Crippen LogP contribution is 2.24. The molecule has 1 aliphatic heterocycles. The van der Waals surface area contributed by atoms with Crippen LogP contribution in [-0.2, 0) is 6.54 Å². The molecule has 88 valence electrons. The molecular formula is C12H13ClN4. The third-order valence-corrected chi connectivity index (χ3v) is 3.36. The van der Waals surface area contributed by atoms with Crippen molar-refractivity contribution in [2.75, 3.05) is 6.54 Å². The molecule has 0 saturated carbocycles. The second kappa shape index (κ2) is 4.13. The number of nitrogens with one attached hydrogen (secondary N) is 1. The Morgan fingerprint density at radius 2 is 2.06 bits per heavy atom. The van der Waals surface area contributed by atoms with Gasteiger partial charge in [0.15, 0.2) is 5.82 Å². The van der Waals surface area contributed by atoms with Gasteiger partial charge in [-0.3, -0.25) is 0 Å². The van der Waals surface area contributed by atoms with Crippen LogP contribution in [0.4, 0.5) is 0 Å². The predicted octanol–water partition coefficient (Wildman–Crippen LogP) is 1.93. The minimum atomic E-state index is 0.113.